The predicted molar refractivity (Wildman–Crippen MR) is 75.5 cm³/mol. The summed E-state index contributed by atoms with van der Waals surface area (Å²) in [5.41, 5.74) is 1.57. The molecule has 0 saturated carbocycles. The van der Waals surface area contributed by atoms with E-state index in [0.717, 1.165) is 13.1 Å². The summed E-state index contributed by atoms with van der Waals surface area (Å²) in [6.07, 6.45) is 0. The maximum Gasteiger partial charge on any atom is 0.0300 e. The minimum atomic E-state index is 0.179. The third-order valence-electron chi connectivity index (χ3n) is 3.00. The molecular weight excluding hydrogens is 226 g/mol. The molecule has 0 radical (unpaired) electrons. The van der Waals surface area contributed by atoms with Gasteiger partial charge in [0.1, 0.15) is 0 Å². The van der Waals surface area contributed by atoms with E-state index in [1.165, 1.54) is 10.4 Å². The van der Waals surface area contributed by atoms with Gasteiger partial charge in [0.05, 0.1) is 0 Å². The fourth-order valence-corrected chi connectivity index (χ4v) is 2.58. The second-order valence-electron chi connectivity index (χ2n) is 4.93. The van der Waals surface area contributed by atoms with Gasteiger partial charge in [0, 0.05) is 23.4 Å². The van der Waals surface area contributed by atoms with Gasteiger partial charge in [-0.3, -0.25) is 0 Å². The SMILES string of the molecule is CC(C)(CNCc1cccs1)c1ccccc1. The molecule has 17 heavy (non-hydrogen) atoms. The zero-order valence-electron chi connectivity index (χ0n) is 10.4. The lowest BCUT2D eigenvalue weighted by Crippen LogP contribution is -2.32. The van der Waals surface area contributed by atoms with Crippen molar-refractivity contribution in [3.8, 4) is 0 Å². The molecule has 0 saturated heterocycles. The van der Waals surface area contributed by atoms with E-state index in [4.69, 9.17) is 0 Å². The Kier molecular flexibility index (Phi) is 3.97. The zero-order chi connectivity index (χ0) is 12.1. The van der Waals surface area contributed by atoms with Gasteiger partial charge in [-0.15, -0.1) is 11.3 Å². The van der Waals surface area contributed by atoms with Gasteiger partial charge in [-0.1, -0.05) is 50.2 Å². The van der Waals surface area contributed by atoms with Gasteiger partial charge >= 0.3 is 0 Å². The molecule has 0 atom stereocenters. The first kappa shape index (κ1) is 12.3. The average molecular weight is 245 g/mol. The Hall–Kier alpha value is -1.12. The normalized spacial score (nSPS) is 11.6. The van der Waals surface area contributed by atoms with Crippen LogP contribution in [0.2, 0.25) is 0 Å². The van der Waals surface area contributed by atoms with Crippen molar-refractivity contribution in [2.45, 2.75) is 25.8 Å². The summed E-state index contributed by atoms with van der Waals surface area (Å²) in [5.74, 6) is 0. The van der Waals surface area contributed by atoms with Crippen LogP contribution in [0.4, 0.5) is 0 Å². The van der Waals surface area contributed by atoms with Crippen LogP contribution in [0.3, 0.4) is 0 Å². The molecule has 1 nitrogen and oxygen atoms in total. The number of hydrogen-bond donors (Lipinski definition) is 1. The highest BCUT2D eigenvalue weighted by Crippen LogP contribution is 2.21. The first-order valence-corrected chi connectivity index (χ1v) is 6.85. The highest BCUT2D eigenvalue weighted by Gasteiger charge is 2.19. The number of rotatable bonds is 5. The van der Waals surface area contributed by atoms with Crippen LogP contribution < -0.4 is 5.32 Å². The minimum absolute atomic E-state index is 0.179. The van der Waals surface area contributed by atoms with Crippen LogP contribution in [-0.2, 0) is 12.0 Å². The number of thiophene rings is 1. The second-order valence-corrected chi connectivity index (χ2v) is 5.97. The average Bonchev–Trinajstić information content (AvgIpc) is 2.83. The summed E-state index contributed by atoms with van der Waals surface area (Å²) < 4.78 is 0. The molecule has 0 aliphatic heterocycles. The van der Waals surface area contributed by atoms with Crippen LogP contribution in [0.1, 0.15) is 24.3 Å². The van der Waals surface area contributed by atoms with Crippen LogP contribution >= 0.6 is 11.3 Å². The Morgan fingerprint density at radius 2 is 1.82 bits per heavy atom. The lowest BCUT2D eigenvalue weighted by molar-refractivity contribution is 0.470. The molecule has 0 unspecified atom stereocenters. The van der Waals surface area contributed by atoms with E-state index in [-0.39, 0.29) is 5.41 Å². The lowest BCUT2D eigenvalue weighted by Gasteiger charge is -2.25. The zero-order valence-corrected chi connectivity index (χ0v) is 11.3. The van der Waals surface area contributed by atoms with Crippen LogP contribution in [0.25, 0.3) is 0 Å². The maximum atomic E-state index is 3.54. The van der Waals surface area contributed by atoms with Crippen LogP contribution in [-0.4, -0.2) is 6.54 Å². The quantitative estimate of drug-likeness (QED) is 0.844. The van der Waals surface area contributed by atoms with E-state index in [9.17, 15) is 0 Å². The Bertz CT molecular complexity index is 431. The van der Waals surface area contributed by atoms with Gasteiger partial charge in [-0.05, 0) is 17.0 Å². The summed E-state index contributed by atoms with van der Waals surface area (Å²) in [7, 11) is 0. The van der Waals surface area contributed by atoms with Crippen molar-refractivity contribution in [2.75, 3.05) is 6.54 Å². The Morgan fingerprint density at radius 3 is 2.47 bits per heavy atom. The van der Waals surface area contributed by atoms with Gasteiger partial charge in [-0.2, -0.15) is 0 Å². The second kappa shape index (κ2) is 5.48. The molecule has 0 spiro atoms. The molecule has 2 rings (SSSR count). The fourth-order valence-electron chi connectivity index (χ4n) is 1.90. The smallest absolute Gasteiger partial charge is 0.0300 e. The van der Waals surface area contributed by atoms with E-state index in [0.29, 0.717) is 0 Å². The molecule has 1 N–H and O–H groups in total. The van der Waals surface area contributed by atoms with Crippen molar-refractivity contribution in [2.24, 2.45) is 0 Å². The summed E-state index contributed by atoms with van der Waals surface area (Å²) in [5, 5.41) is 5.66. The van der Waals surface area contributed by atoms with Crippen LogP contribution in [0, 0.1) is 0 Å². The van der Waals surface area contributed by atoms with E-state index < -0.39 is 0 Å². The standard InChI is InChI=1S/C15H19NS/c1-15(2,13-7-4-3-5-8-13)12-16-11-14-9-6-10-17-14/h3-10,16H,11-12H2,1-2H3. The topological polar surface area (TPSA) is 12.0 Å². The van der Waals surface area contributed by atoms with Crippen molar-refractivity contribution in [1.29, 1.82) is 0 Å². The molecule has 90 valence electrons. The monoisotopic (exact) mass is 245 g/mol. The molecule has 1 aromatic carbocycles. The molecule has 2 aromatic rings. The van der Waals surface area contributed by atoms with Gasteiger partial charge in [-0.25, -0.2) is 0 Å². The lowest BCUT2D eigenvalue weighted by atomic mass is 9.84. The molecule has 0 bridgehead atoms. The van der Waals surface area contributed by atoms with Crippen molar-refractivity contribution in [3.05, 3.63) is 58.3 Å². The van der Waals surface area contributed by atoms with Gasteiger partial charge < -0.3 is 5.32 Å². The molecular formula is C15H19NS. The number of nitrogens with one attached hydrogen (secondary N) is 1. The Labute approximate surface area is 108 Å². The number of hydrogen-bond acceptors (Lipinski definition) is 2. The molecule has 0 aliphatic rings. The molecule has 1 heterocycles. The van der Waals surface area contributed by atoms with Crippen molar-refractivity contribution >= 4 is 11.3 Å². The minimum Gasteiger partial charge on any atom is -0.311 e. The highest BCUT2D eigenvalue weighted by molar-refractivity contribution is 7.09. The van der Waals surface area contributed by atoms with Crippen molar-refractivity contribution < 1.29 is 0 Å². The Balaban J connectivity index is 1.90. The molecule has 2 heteroatoms. The first-order chi connectivity index (χ1) is 8.18. The highest BCUT2D eigenvalue weighted by atomic mass is 32.1. The summed E-state index contributed by atoms with van der Waals surface area (Å²) in [4.78, 5) is 1.40. The fraction of sp³-hybridized carbons (Fsp3) is 0.333. The maximum absolute atomic E-state index is 3.54. The molecule has 0 fully saturated rings. The summed E-state index contributed by atoms with van der Waals surface area (Å²) in [6, 6.07) is 15.0. The van der Waals surface area contributed by atoms with Crippen LogP contribution in [0.5, 0.6) is 0 Å². The Morgan fingerprint density at radius 1 is 1.06 bits per heavy atom. The van der Waals surface area contributed by atoms with Crippen LogP contribution in [0.15, 0.2) is 47.8 Å². The van der Waals surface area contributed by atoms with Crippen molar-refractivity contribution in [1.82, 2.24) is 5.32 Å². The number of benzene rings is 1. The largest absolute Gasteiger partial charge is 0.311 e. The first-order valence-electron chi connectivity index (χ1n) is 5.97. The summed E-state index contributed by atoms with van der Waals surface area (Å²) >= 11 is 1.81. The summed E-state index contributed by atoms with van der Waals surface area (Å²) in [6.45, 7) is 6.52. The van der Waals surface area contributed by atoms with Gasteiger partial charge in [0.2, 0.25) is 0 Å². The predicted octanol–water partition coefficient (Wildman–Crippen LogP) is 3.82. The third kappa shape index (κ3) is 3.42. The molecule has 1 aromatic heterocycles. The molecule has 0 amide bonds. The van der Waals surface area contributed by atoms with E-state index in [1.54, 1.807) is 11.3 Å². The third-order valence-corrected chi connectivity index (χ3v) is 3.88. The van der Waals surface area contributed by atoms with E-state index >= 15 is 0 Å². The molecule has 0 aliphatic carbocycles. The van der Waals surface area contributed by atoms with E-state index in [1.807, 2.05) is 0 Å². The van der Waals surface area contributed by atoms with Crippen molar-refractivity contribution in [3.63, 3.8) is 0 Å². The van der Waals surface area contributed by atoms with Gasteiger partial charge in [0.25, 0.3) is 0 Å². The van der Waals surface area contributed by atoms with Gasteiger partial charge in [0.15, 0.2) is 0 Å². The van der Waals surface area contributed by atoms with E-state index in [2.05, 4.69) is 67.0 Å².